The number of hydrogen-bond donors (Lipinski definition) is 2. The summed E-state index contributed by atoms with van der Waals surface area (Å²) in [5.74, 6) is -0.552. The van der Waals surface area contributed by atoms with E-state index in [2.05, 4.69) is 15.2 Å². The zero-order valence-electron chi connectivity index (χ0n) is 16.8. The number of carbonyl (C=O) groups excluding carboxylic acids is 1. The Hall–Kier alpha value is -1.84. The van der Waals surface area contributed by atoms with Crippen molar-refractivity contribution in [3.8, 4) is 0 Å². The molecular formula is C20H27ClN4O4S. The van der Waals surface area contributed by atoms with Crippen LogP contribution in [0.25, 0.3) is 11.1 Å². The number of benzene rings is 1. The second kappa shape index (κ2) is 8.36. The molecule has 2 aliphatic rings. The third kappa shape index (κ3) is 5.07. The van der Waals surface area contributed by atoms with Gasteiger partial charge in [0.15, 0.2) is 5.58 Å². The molecule has 10 heteroatoms. The van der Waals surface area contributed by atoms with Gasteiger partial charge in [0.2, 0.25) is 15.9 Å². The van der Waals surface area contributed by atoms with Gasteiger partial charge in [-0.1, -0.05) is 11.6 Å². The van der Waals surface area contributed by atoms with Crippen LogP contribution in [-0.2, 0) is 14.8 Å². The molecule has 30 heavy (non-hydrogen) atoms. The molecule has 1 saturated carbocycles. The molecule has 1 saturated heterocycles. The summed E-state index contributed by atoms with van der Waals surface area (Å²) in [6.45, 7) is 1.79. The fourth-order valence-corrected chi connectivity index (χ4v) is 5.24. The minimum absolute atomic E-state index is 0.0782. The number of anilines is 1. The molecule has 3 N–H and O–H groups in total. The number of nitrogens with two attached hydrogens (primary N) is 1. The first-order valence-corrected chi connectivity index (χ1v) is 12.4. The molecule has 2 heterocycles. The Kier molecular flexibility index (Phi) is 5.96. The van der Waals surface area contributed by atoms with Gasteiger partial charge in [0.25, 0.3) is 6.01 Å². The van der Waals surface area contributed by atoms with E-state index in [4.69, 9.17) is 21.2 Å². The summed E-state index contributed by atoms with van der Waals surface area (Å²) < 4.78 is 27.9. The quantitative estimate of drug-likeness (QED) is 0.717. The number of halogens is 1. The van der Waals surface area contributed by atoms with Gasteiger partial charge in [0.1, 0.15) is 5.52 Å². The predicted octanol–water partition coefficient (Wildman–Crippen LogP) is 2.81. The lowest BCUT2D eigenvalue weighted by atomic mass is 9.67. The van der Waals surface area contributed by atoms with Gasteiger partial charge in [-0.25, -0.2) is 13.6 Å². The number of hydrogen-bond acceptors (Lipinski definition) is 6. The van der Waals surface area contributed by atoms with Crippen LogP contribution in [0.15, 0.2) is 22.6 Å². The van der Waals surface area contributed by atoms with Crippen molar-refractivity contribution in [2.45, 2.75) is 51.0 Å². The summed E-state index contributed by atoms with van der Waals surface area (Å²) in [4.78, 5) is 18.7. The smallest absolute Gasteiger partial charge is 0.298 e. The van der Waals surface area contributed by atoms with Crippen LogP contribution in [0.4, 0.5) is 6.01 Å². The highest BCUT2D eigenvalue weighted by atomic mass is 35.5. The first-order chi connectivity index (χ1) is 14.2. The van der Waals surface area contributed by atoms with E-state index in [1.807, 2.05) is 12.1 Å². The molecule has 4 rings (SSSR count). The first-order valence-electron chi connectivity index (χ1n) is 10.3. The SMILES string of the molecule is NS(=O)(=O)CCC(=O)NC1CCC2(CC1)CCN(c1nc3cc(Cl)ccc3o1)CC2. The molecule has 8 nitrogen and oxygen atoms in total. The van der Waals surface area contributed by atoms with Crippen LogP contribution in [0.5, 0.6) is 0 Å². The lowest BCUT2D eigenvalue weighted by Gasteiger charge is -2.45. The number of aromatic nitrogens is 1. The maximum atomic E-state index is 12.0. The predicted molar refractivity (Wildman–Crippen MR) is 116 cm³/mol. The normalized spacial score (nSPS) is 20.0. The van der Waals surface area contributed by atoms with Gasteiger partial charge in [0, 0.05) is 30.6 Å². The molecular weight excluding hydrogens is 428 g/mol. The maximum absolute atomic E-state index is 12.0. The minimum atomic E-state index is -3.61. The van der Waals surface area contributed by atoms with E-state index >= 15 is 0 Å². The number of sulfonamides is 1. The Morgan fingerprint density at radius 2 is 1.97 bits per heavy atom. The van der Waals surface area contributed by atoms with Crippen LogP contribution >= 0.6 is 11.6 Å². The number of nitrogens with zero attached hydrogens (tertiary/aromatic N) is 2. The van der Waals surface area contributed by atoms with Crippen molar-refractivity contribution < 1.29 is 17.6 Å². The second-order valence-electron chi connectivity index (χ2n) is 8.55. The van der Waals surface area contributed by atoms with Crippen molar-refractivity contribution in [2.24, 2.45) is 10.6 Å². The highest BCUT2D eigenvalue weighted by molar-refractivity contribution is 7.89. The lowest BCUT2D eigenvalue weighted by molar-refractivity contribution is -0.121. The number of rotatable bonds is 5. The van der Waals surface area contributed by atoms with Crippen LogP contribution in [-0.4, -0.2) is 44.2 Å². The number of carbonyl (C=O) groups is 1. The number of oxazole rings is 1. The van der Waals surface area contributed by atoms with Crippen molar-refractivity contribution >= 4 is 44.6 Å². The molecule has 1 aliphatic heterocycles. The summed E-state index contributed by atoms with van der Waals surface area (Å²) in [6, 6.07) is 6.23. The highest BCUT2D eigenvalue weighted by Gasteiger charge is 2.39. The molecule has 2 fully saturated rings. The van der Waals surface area contributed by atoms with Gasteiger partial charge in [-0.3, -0.25) is 4.79 Å². The average Bonchev–Trinajstić information content (AvgIpc) is 3.11. The lowest BCUT2D eigenvalue weighted by Crippen LogP contribution is -2.46. The highest BCUT2D eigenvalue weighted by Crippen LogP contribution is 2.45. The van der Waals surface area contributed by atoms with Gasteiger partial charge in [-0.2, -0.15) is 4.98 Å². The Bertz CT molecular complexity index is 1020. The molecule has 0 radical (unpaired) electrons. The molecule has 1 amide bonds. The molecule has 1 spiro atoms. The molecule has 164 valence electrons. The van der Waals surface area contributed by atoms with E-state index in [-0.39, 0.29) is 24.1 Å². The maximum Gasteiger partial charge on any atom is 0.298 e. The summed E-state index contributed by atoms with van der Waals surface area (Å²) in [5.41, 5.74) is 1.82. The van der Waals surface area contributed by atoms with E-state index in [0.29, 0.717) is 16.5 Å². The number of piperidine rings is 1. The van der Waals surface area contributed by atoms with Crippen molar-refractivity contribution in [2.75, 3.05) is 23.7 Å². The fraction of sp³-hybridized carbons (Fsp3) is 0.600. The van der Waals surface area contributed by atoms with E-state index in [1.165, 1.54) is 0 Å². The standard InChI is InChI=1S/C20H27ClN4O4S/c21-14-1-2-17-16(13-14)24-19(29-17)25-10-8-20(9-11-25)6-3-15(4-7-20)23-18(26)5-12-30(22,27)28/h1-2,13,15H,3-12H2,(H,23,26)(H2,22,27,28). The third-order valence-electron chi connectivity index (χ3n) is 6.46. The topological polar surface area (TPSA) is 119 Å². The van der Waals surface area contributed by atoms with Gasteiger partial charge in [-0.05, 0) is 62.1 Å². The van der Waals surface area contributed by atoms with Gasteiger partial charge < -0.3 is 14.6 Å². The zero-order chi connectivity index (χ0) is 21.4. The molecule has 0 atom stereocenters. The third-order valence-corrected chi connectivity index (χ3v) is 7.47. The molecule has 1 aromatic heterocycles. The van der Waals surface area contributed by atoms with Crippen LogP contribution in [0.2, 0.25) is 5.02 Å². The monoisotopic (exact) mass is 454 g/mol. The summed E-state index contributed by atoms with van der Waals surface area (Å²) >= 11 is 6.04. The van der Waals surface area contributed by atoms with Crippen molar-refractivity contribution in [1.82, 2.24) is 10.3 Å². The minimum Gasteiger partial charge on any atom is -0.423 e. The Morgan fingerprint density at radius 3 is 2.63 bits per heavy atom. The van der Waals surface area contributed by atoms with E-state index in [9.17, 15) is 13.2 Å². The van der Waals surface area contributed by atoms with Crippen LogP contribution in [0, 0.1) is 5.41 Å². The molecule has 2 aromatic rings. The Labute approximate surface area is 181 Å². The molecule has 0 bridgehead atoms. The van der Waals surface area contributed by atoms with Crippen LogP contribution < -0.4 is 15.4 Å². The Morgan fingerprint density at radius 1 is 1.27 bits per heavy atom. The Balaban J connectivity index is 1.27. The molecule has 0 unspecified atom stereocenters. The van der Waals surface area contributed by atoms with Crippen molar-refractivity contribution in [3.05, 3.63) is 23.2 Å². The van der Waals surface area contributed by atoms with E-state index < -0.39 is 10.0 Å². The number of amides is 1. The van der Waals surface area contributed by atoms with Crippen molar-refractivity contribution in [1.29, 1.82) is 0 Å². The van der Waals surface area contributed by atoms with Gasteiger partial charge in [-0.15, -0.1) is 0 Å². The van der Waals surface area contributed by atoms with Crippen LogP contribution in [0.1, 0.15) is 44.9 Å². The summed E-state index contributed by atoms with van der Waals surface area (Å²) in [7, 11) is -3.61. The van der Waals surface area contributed by atoms with Crippen LogP contribution in [0.3, 0.4) is 0 Å². The zero-order valence-corrected chi connectivity index (χ0v) is 18.3. The van der Waals surface area contributed by atoms with Crippen molar-refractivity contribution in [3.63, 3.8) is 0 Å². The number of nitrogens with one attached hydrogen (secondary N) is 1. The van der Waals surface area contributed by atoms with Gasteiger partial charge in [0.05, 0.1) is 5.75 Å². The largest absolute Gasteiger partial charge is 0.423 e. The number of fused-ring (bicyclic) bond motifs is 1. The first kappa shape index (κ1) is 21.4. The fourth-order valence-electron chi connectivity index (χ4n) is 4.61. The van der Waals surface area contributed by atoms with E-state index in [1.54, 1.807) is 6.07 Å². The number of primary sulfonamides is 1. The second-order valence-corrected chi connectivity index (χ2v) is 10.7. The van der Waals surface area contributed by atoms with Gasteiger partial charge >= 0.3 is 0 Å². The van der Waals surface area contributed by atoms with E-state index in [0.717, 1.165) is 62.7 Å². The average molecular weight is 455 g/mol. The summed E-state index contributed by atoms with van der Waals surface area (Å²) in [6.07, 6.45) is 6.02. The molecule has 1 aliphatic carbocycles. The molecule has 1 aromatic carbocycles. The summed E-state index contributed by atoms with van der Waals surface area (Å²) in [5, 5.41) is 8.57.